The van der Waals surface area contributed by atoms with Gasteiger partial charge in [0.2, 0.25) is 0 Å². The van der Waals surface area contributed by atoms with Crippen molar-refractivity contribution in [2.75, 3.05) is 0 Å². The molecule has 0 N–H and O–H groups in total. The molecule has 0 aliphatic carbocycles. The maximum Gasteiger partial charge on any atom is 0.191 e. The molecule has 4 nitrogen and oxygen atoms in total. The highest BCUT2D eigenvalue weighted by atomic mass is 79.9. The molecule has 3 rings (SSSR count). The Morgan fingerprint density at radius 3 is 2.50 bits per heavy atom. The summed E-state index contributed by atoms with van der Waals surface area (Å²) in [5.41, 5.74) is 1.26. The lowest BCUT2D eigenvalue weighted by molar-refractivity contribution is 0.288. The van der Waals surface area contributed by atoms with Crippen molar-refractivity contribution in [1.29, 1.82) is 0 Å². The van der Waals surface area contributed by atoms with E-state index in [9.17, 15) is 0 Å². The molecule has 0 atom stereocenters. The number of hydrogen-bond acceptors (Lipinski definition) is 4. The molecule has 0 saturated carbocycles. The van der Waals surface area contributed by atoms with Crippen LogP contribution in [0, 0.1) is 0 Å². The number of rotatable bonds is 7. The SMILES string of the molecule is CCn1c(COc2ccccc2)nnc1SCc1ccc(Br)cc1. The van der Waals surface area contributed by atoms with Crippen molar-refractivity contribution in [1.82, 2.24) is 14.8 Å². The van der Waals surface area contributed by atoms with Crippen LogP contribution in [0.25, 0.3) is 0 Å². The van der Waals surface area contributed by atoms with Gasteiger partial charge in [0, 0.05) is 16.8 Å². The topological polar surface area (TPSA) is 39.9 Å². The van der Waals surface area contributed by atoms with E-state index in [-0.39, 0.29) is 0 Å². The molecule has 0 fully saturated rings. The fourth-order valence-electron chi connectivity index (χ4n) is 2.24. The fraction of sp³-hybridized carbons (Fsp3) is 0.222. The molecule has 0 amide bonds. The Hall–Kier alpha value is -1.79. The summed E-state index contributed by atoms with van der Waals surface area (Å²) in [6, 6.07) is 18.1. The van der Waals surface area contributed by atoms with Crippen molar-refractivity contribution in [3.63, 3.8) is 0 Å². The Labute approximate surface area is 154 Å². The number of aromatic nitrogens is 3. The van der Waals surface area contributed by atoms with Gasteiger partial charge < -0.3 is 9.30 Å². The Morgan fingerprint density at radius 2 is 1.79 bits per heavy atom. The minimum Gasteiger partial charge on any atom is -0.486 e. The van der Waals surface area contributed by atoms with Crippen molar-refractivity contribution in [3.8, 4) is 5.75 Å². The number of para-hydroxylation sites is 1. The molecule has 124 valence electrons. The summed E-state index contributed by atoms with van der Waals surface area (Å²) in [6.45, 7) is 3.34. The van der Waals surface area contributed by atoms with Gasteiger partial charge in [0.25, 0.3) is 0 Å². The zero-order valence-corrected chi connectivity index (χ0v) is 15.8. The van der Waals surface area contributed by atoms with E-state index in [1.807, 2.05) is 30.3 Å². The highest BCUT2D eigenvalue weighted by Gasteiger charge is 2.12. The van der Waals surface area contributed by atoms with Crippen LogP contribution < -0.4 is 4.74 Å². The van der Waals surface area contributed by atoms with E-state index in [1.165, 1.54) is 5.56 Å². The third-order valence-electron chi connectivity index (χ3n) is 3.50. The second kappa shape index (κ2) is 8.35. The largest absolute Gasteiger partial charge is 0.486 e. The van der Waals surface area contributed by atoms with Gasteiger partial charge in [-0.1, -0.05) is 58.0 Å². The molecule has 0 unspecified atom stereocenters. The normalized spacial score (nSPS) is 10.8. The van der Waals surface area contributed by atoms with Crippen LogP contribution in [-0.2, 0) is 18.9 Å². The van der Waals surface area contributed by atoms with Crippen molar-refractivity contribution < 1.29 is 4.74 Å². The Kier molecular flexibility index (Phi) is 5.93. The summed E-state index contributed by atoms with van der Waals surface area (Å²) in [6.07, 6.45) is 0. The van der Waals surface area contributed by atoms with Crippen molar-refractivity contribution in [2.45, 2.75) is 31.0 Å². The third kappa shape index (κ3) is 4.39. The average molecular weight is 404 g/mol. The zero-order chi connectivity index (χ0) is 16.8. The van der Waals surface area contributed by atoms with Crippen molar-refractivity contribution in [2.24, 2.45) is 0 Å². The van der Waals surface area contributed by atoms with Gasteiger partial charge in [-0.15, -0.1) is 10.2 Å². The average Bonchev–Trinajstić information content (AvgIpc) is 3.02. The maximum atomic E-state index is 5.79. The van der Waals surface area contributed by atoms with E-state index in [0.29, 0.717) is 6.61 Å². The van der Waals surface area contributed by atoms with E-state index in [4.69, 9.17) is 4.74 Å². The second-order valence-corrected chi connectivity index (χ2v) is 7.02. The van der Waals surface area contributed by atoms with Gasteiger partial charge in [-0.05, 0) is 36.8 Å². The molecule has 3 aromatic rings. The molecule has 0 saturated heterocycles. The van der Waals surface area contributed by atoms with Gasteiger partial charge in [0.15, 0.2) is 11.0 Å². The van der Waals surface area contributed by atoms with E-state index in [0.717, 1.165) is 33.5 Å². The monoisotopic (exact) mass is 403 g/mol. The van der Waals surface area contributed by atoms with Gasteiger partial charge in [-0.3, -0.25) is 0 Å². The molecule has 0 radical (unpaired) electrons. The summed E-state index contributed by atoms with van der Waals surface area (Å²) in [7, 11) is 0. The minimum atomic E-state index is 0.420. The molecule has 1 aromatic heterocycles. The van der Waals surface area contributed by atoms with Crippen LogP contribution in [0.3, 0.4) is 0 Å². The highest BCUT2D eigenvalue weighted by molar-refractivity contribution is 9.10. The smallest absolute Gasteiger partial charge is 0.191 e. The standard InChI is InChI=1S/C18H18BrN3OS/c1-2-22-17(12-23-16-6-4-3-5-7-16)20-21-18(22)24-13-14-8-10-15(19)11-9-14/h3-11H,2,12-13H2,1H3. The Morgan fingerprint density at radius 1 is 1.04 bits per heavy atom. The first-order chi connectivity index (χ1) is 11.8. The van der Waals surface area contributed by atoms with Crippen LogP contribution in [0.15, 0.2) is 64.2 Å². The van der Waals surface area contributed by atoms with E-state index in [1.54, 1.807) is 11.8 Å². The van der Waals surface area contributed by atoms with Gasteiger partial charge in [0.1, 0.15) is 12.4 Å². The first-order valence-corrected chi connectivity index (χ1v) is 9.51. The quantitative estimate of drug-likeness (QED) is 0.524. The third-order valence-corrected chi connectivity index (χ3v) is 5.07. The molecule has 1 heterocycles. The van der Waals surface area contributed by atoms with Crippen LogP contribution in [-0.4, -0.2) is 14.8 Å². The van der Waals surface area contributed by atoms with Gasteiger partial charge >= 0.3 is 0 Å². The molecule has 24 heavy (non-hydrogen) atoms. The predicted octanol–water partition coefficient (Wildman–Crippen LogP) is 4.93. The van der Waals surface area contributed by atoms with Crippen LogP contribution in [0.4, 0.5) is 0 Å². The van der Waals surface area contributed by atoms with Crippen molar-refractivity contribution in [3.05, 3.63) is 70.5 Å². The summed E-state index contributed by atoms with van der Waals surface area (Å²) in [4.78, 5) is 0. The number of ether oxygens (including phenoxy) is 1. The first-order valence-electron chi connectivity index (χ1n) is 7.73. The van der Waals surface area contributed by atoms with Crippen molar-refractivity contribution >= 4 is 27.7 Å². The molecular weight excluding hydrogens is 386 g/mol. The molecule has 0 bridgehead atoms. The minimum absolute atomic E-state index is 0.420. The Balaban J connectivity index is 1.64. The van der Waals surface area contributed by atoms with Crippen LogP contribution in [0.5, 0.6) is 5.75 Å². The highest BCUT2D eigenvalue weighted by Crippen LogP contribution is 2.23. The van der Waals surface area contributed by atoms with E-state index >= 15 is 0 Å². The molecular formula is C18H18BrN3OS. The van der Waals surface area contributed by atoms with Crippen LogP contribution in [0.1, 0.15) is 18.3 Å². The summed E-state index contributed by atoms with van der Waals surface area (Å²) < 4.78 is 8.98. The van der Waals surface area contributed by atoms with E-state index < -0.39 is 0 Å². The van der Waals surface area contributed by atoms with Gasteiger partial charge in [-0.2, -0.15) is 0 Å². The molecule has 0 aliphatic heterocycles. The summed E-state index contributed by atoms with van der Waals surface area (Å²) in [5.74, 6) is 2.55. The van der Waals surface area contributed by atoms with Crippen LogP contribution in [0.2, 0.25) is 0 Å². The number of benzene rings is 2. The molecule has 6 heteroatoms. The fourth-order valence-corrected chi connectivity index (χ4v) is 3.48. The molecule has 0 aliphatic rings. The van der Waals surface area contributed by atoms with E-state index in [2.05, 4.69) is 61.9 Å². The lowest BCUT2D eigenvalue weighted by atomic mass is 10.2. The lowest BCUT2D eigenvalue weighted by Crippen LogP contribution is -2.07. The van der Waals surface area contributed by atoms with Gasteiger partial charge in [-0.25, -0.2) is 0 Å². The number of nitrogens with zero attached hydrogens (tertiary/aromatic N) is 3. The number of hydrogen-bond donors (Lipinski definition) is 0. The molecule has 2 aromatic carbocycles. The van der Waals surface area contributed by atoms with Gasteiger partial charge in [0.05, 0.1) is 0 Å². The first kappa shape index (κ1) is 17.0. The number of thioether (sulfide) groups is 1. The summed E-state index contributed by atoms with van der Waals surface area (Å²) in [5, 5.41) is 9.53. The second-order valence-electron chi connectivity index (χ2n) is 5.16. The molecule has 0 spiro atoms. The number of halogens is 1. The Bertz CT molecular complexity index is 775. The zero-order valence-electron chi connectivity index (χ0n) is 13.4. The van der Waals surface area contributed by atoms with Crippen LogP contribution >= 0.6 is 27.7 Å². The maximum absolute atomic E-state index is 5.79. The predicted molar refractivity (Wildman–Crippen MR) is 100 cm³/mol. The summed E-state index contributed by atoms with van der Waals surface area (Å²) >= 11 is 5.15. The lowest BCUT2D eigenvalue weighted by Gasteiger charge is -2.09.